The van der Waals surface area contributed by atoms with Crippen LogP contribution in [0.4, 0.5) is 0 Å². The van der Waals surface area contributed by atoms with Crippen molar-refractivity contribution in [3.05, 3.63) is 12.2 Å². The van der Waals surface area contributed by atoms with Crippen LogP contribution in [0, 0.1) is 0 Å². The first kappa shape index (κ1) is 14.2. The SMILES string of the molecule is CCC/C=C/CCCCC1=NCCN1C(C)O. The molecular formula is C14H26N2O. The van der Waals surface area contributed by atoms with Gasteiger partial charge in [-0.3, -0.25) is 4.99 Å². The van der Waals surface area contributed by atoms with Gasteiger partial charge in [0.25, 0.3) is 0 Å². The third-order valence-corrected chi connectivity index (χ3v) is 3.06. The smallest absolute Gasteiger partial charge is 0.125 e. The molecule has 0 aliphatic carbocycles. The van der Waals surface area contributed by atoms with Crippen molar-refractivity contribution in [1.29, 1.82) is 0 Å². The second kappa shape index (κ2) is 8.29. The minimum absolute atomic E-state index is 0.388. The van der Waals surface area contributed by atoms with E-state index in [2.05, 4.69) is 24.1 Å². The zero-order valence-electron chi connectivity index (χ0n) is 11.2. The molecule has 1 heterocycles. The Bertz CT molecular complexity index is 259. The van der Waals surface area contributed by atoms with Gasteiger partial charge in [0, 0.05) is 13.0 Å². The Hall–Kier alpha value is -0.830. The van der Waals surface area contributed by atoms with Gasteiger partial charge < -0.3 is 10.0 Å². The van der Waals surface area contributed by atoms with Crippen LogP contribution < -0.4 is 0 Å². The van der Waals surface area contributed by atoms with E-state index in [1.54, 1.807) is 0 Å². The number of aliphatic imine (C=N–C) groups is 1. The molecule has 1 atom stereocenters. The quantitative estimate of drug-likeness (QED) is 0.521. The highest BCUT2D eigenvalue weighted by Gasteiger charge is 2.19. The highest BCUT2D eigenvalue weighted by Crippen LogP contribution is 2.12. The molecule has 17 heavy (non-hydrogen) atoms. The minimum Gasteiger partial charge on any atom is -0.374 e. The molecule has 0 bridgehead atoms. The van der Waals surface area contributed by atoms with E-state index in [-0.39, 0.29) is 6.23 Å². The molecule has 1 unspecified atom stereocenters. The molecule has 0 aromatic rings. The summed E-state index contributed by atoms with van der Waals surface area (Å²) in [6.07, 6.45) is 11.2. The summed E-state index contributed by atoms with van der Waals surface area (Å²) in [6, 6.07) is 0. The topological polar surface area (TPSA) is 35.8 Å². The van der Waals surface area contributed by atoms with Gasteiger partial charge in [-0.25, -0.2) is 0 Å². The molecule has 3 nitrogen and oxygen atoms in total. The molecule has 98 valence electrons. The van der Waals surface area contributed by atoms with E-state index in [4.69, 9.17) is 0 Å². The lowest BCUT2D eigenvalue weighted by Gasteiger charge is -2.23. The van der Waals surface area contributed by atoms with Crippen LogP contribution >= 0.6 is 0 Å². The number of amidine groups is 1. The first-order chi connectivity index (χ1) is 8.25. The molecule has 3 heteroatoms. The molecule has 1 aliphatic heterocycles. The fourth-order valence-corrected chi connectivity index (χ4v) is 2.08. The molecule has 1 rings (SSSR count). The summed E-state index contributed by atoms with van der Waals surface area (Å²) in [5.41, 5.74) is 0. The van der Waals surface area contributed by atoms with Gasteiger partial charge in [-0.05, 0) is 32.6 Å². The third-order valence-electron chi connectivity index (χ3n) is 3.06. The highest BCUT2D eigenvalue weighted by atomic mass is 16.3. The van der Waals surface area contributed by atoms with Crippen LogP contribution in [0.1, 0.15) is 52.4 Å². The lowest BCUT2D eigenvalue weighted by Crippen LogP contribution is -2.35. The van der Waals surface area contributed by atoms with Gasteiger partial charge in [-0.1, -0.05) is 25.5 Å². The summed E-state index contributed by atoms with van der Waals surface area (Å²) in [6.45, 7) is 5.74. The largest absolute Gasteiger partial charge is 0.374 e. The van der Waals surface area contributed by atoms with Crippen molar-refractivity contribution in [1.82, 2.24) is 4.90 Å². The van der Waals surface area contributed by atoms with E-state index in [0.717, 1.165) is 25.3 Å². The van der Waals surface area contributed by atoms with E-state index < -0.39 is 0 Å². The van der Waals surface area contributed by atoms with Crippen LogP contribution in [-0.2, 0) is 0 Å². The number of aliphatic hydroxyl groups is 1. The lowest BCUT2D eigenvalue weighted by molar-refractivity contribution is 0.0766. The highest BCUT2D eigenvalue weighted by molar-refractivity contribution is 5.83. The van der Waals surface area contributed by atoms with Gasteiger partial charge in [-0.2, -0.15) is 0 Å². The Morgan fingerprint density at radius 1 is 1.35 bits per heavy atom. The van der Waals surface area contributed by atoms with Gasteiger partial charge in [0.15, 0.2) is 0 Å². The maximum absolute atomic E-state index is 9.56. The Balaban J connectivity index is 2.10. The number of allylic oxidation sites excluding steroid dienone is 2. The fraction of sp³-hybridized carbons (Fsp3) is 0.786. The summed E-state index contributed by atoms with van der Waals surface area (Å²) in [7, 11) is 0. The predicted octanol–water partition coefficient (Wildman–Crippen LogP) is 2.96. The standard InChI is InChI=1S/C14H26N2O/c1-3-4-5-6-7-8-9-10-14-15-11-12-16(14)13(2)17/h5-6,13,17H,3-4,7-12H2,1-2H3/b6-5+. The maximum atomic E-state index is 9.56. The molecule has 0 fully saturated rings. The molecule has 0 amide bonds. The average molecular weight is 238 g/mol. The molecule has 0 radical (unpaired) electrons. The Morgan fingerprint density at radius 2 is 2.12 bits per heavy atom. The zero-order valence-corrected chi connectivity index (χ0v) is 11.2. The summed E-state index contributed by atoms with van der Waals surface area (Å²) < 4.78 is 0. The van der Waals surface area contributed by atoms with Gasteiger partial charge in [0.1, 0.15) is 12.1 Å². The van der Waals surface area contributed by atoms with Crippen molar-refractivity contribution in [2.75, 3.05) is 13.1 Å². The van der Waals surface area contributed by atoms with Gasteiger partial charge in [0.05, 0.1) is 6.54 Å². The van der Waals surface area contributed by atoms with Crippen molar-refractivity contribution < 1.29 is 5.11 Å². The zero-order chi connectivity index (χ0) is 12.5. The maximum Gasteiger partial charge on any atom is 0.125 e. The average Bonchev–Trinajstić information content (AvgIpc) is 2.76. The van der Waals surface area contributed by atoms with Crippen LogP contribution in [0.25, 0.3) is 0 Å². The van der Waals surface area contributed by atoms with Crippen molar-refractivity contribution in [3.8, 4) is 0 Å². The Morgan fingerprint density at radius 3 is 2.82 bits per heavy atom. The van der Waals surface area contributed by atoms with Crippen LogP contribution in [0.15, 0.2) is 17.1 Å². The second-order valence-electron chi connectivity index (χ2n) is 4.63. The molecule has 0 aromatic carbocycles. The number of nitrogens with zero attached hydrogens (tertiary/aromatic N) is 2. The number of hydrogen-bond acceptors (Lipinski definition) is 3. The number of rotatable bonds is 8. The molecule has 0 saturated heterocycles. The normalized spacial score (nSPS) is 17.8. The number of aliphatic hydroxyl groups excluding tert-OH is 1. The van der Waals surface area contributed by atoms with Crippen LogP contribution in [-0.4, -0.2) is 35.2 Å². The van der Waals surface area contributed by atoms with Crippen molar-refractivity contribution in [2.45, 2.75) is 58.6 Å². The first-order valence-corrected chi connectivity index (χ1v) is 6.88. The molecule has 0 saturated carbocycles. The van der Waals surface area contributed by atoms with E-state index in [0.29, 0.717) is 0 Å². The van der Waals surface area contributed by atoms with Crippen molar-refractivity contribution in [2.24, 2.45) is 4.99 Å². The first-order valence-electron chi connectivity index (χ1n) is 6.88. The monoisotopic (exact) mass is 238 g/mol. The van der Waals surface area contributed by atoms with E-state index >= 15 is 0 Å². The van der Waals surface area contributed by atoms with Gasteiger partial charge >= 0.3 is 0 Å². The molecule has 0 aromatic heterocycles. The van der Waals surface area contributed by atoms with E-state index in [1.165, 1.54) is 32.1 Å². The molecule has 0 spiro atoms. The molecular weight excluding hydrogens is 212 g/mol. The lowest BCUT2D eigenvalue weighted by atomic mass is 10.1. The minimum atomic E-state index is -0.388. The molecule has 1 aliphatic rings. The van der Waals surface area contributed by atoms with Crippen LogP contribution in [0.5, 0.6) is 0 Å². The van der Waals surface area contributed by atoms with Gasteiger partial charge in [-0.15, -0.1) is 0 Å². The number of unbranched alkanes of at least 4 members (excludes halogenated alkanes) is 3. The predicted molar refractivity (Wildman–Crippen MR) is 73.2 cm³/mol. The van der Waals surface area contributed by atoms with Crippen LogP contribution in [0.2, 0.25) is 0 Å². The van der Waals surface area contributed by atoms with E-state index in [9.17, 15) is 5.11 Å². The fourth-order valence-electron chi connectivity index (χ4n) is 2.08. The molecule has 1 N–H and O–H groups in total. The summed E-state index contributed by atoms with van der Waals surface area (Å²) in [5.74, 6) is 1.09. The van der Waals surface area contributed by atoms with Crippen molar-refractivity contribution >= 4 is 5.84 Å². The van der Waals surface area contributed by atoms with Gasteiger partial charge in [0.2, 0.25) is 0 Å². The Kier molecular flexibility index (Phi) is 6.94. The summed E-state index contributed by atoms with van der Waals surface area (Å²) in [5, 5.41) is 9.56. The summed E-state index contributed by atoms with van der Waals surface area (Å²) in [4.78, 5) is 6.46. The third kappa shape index (κ3) is 5.35. The second-order valence-corrected chi connectivity index (χ2v) is 4.63. The Labute approximate surface area is 105 Å². The van der Waals surface area contributed by atoms with Crippen molar-refractivity contribution in [3.63, 3.8) is 0 Å². The van der Waals surface area contributed by atoms with Crippen LogP contribution in [0.3, 0.4) is 0 Å². The van der Waals surface area contributed by atoms with E-state index in [1.807, 2.05) is 11.8 Å². The number of hydrogen-bond donors (Lipinski definition) is 1. The summed E-state index contributed by atoms with van der Waals surface area (Å²) >= 11 is 0.